The van der Waals surface area contributed by atoms with Crippen LogP contribution in [0.2, 0.25) is 0 Å². The summed E-state index contributed by atoms with van der Waals surface area (Å²) in [6.07, 6.45) is 3.65. The molecule has 1 saturated heterocycles. The molecule has 170 valence electrons. The Morgan fingerprint density at radius 1 is 1.06 bits per heavy atom. The van der Waals surface area contributed by atoms with E-state index in [2.05, 4.69) is 10.3 Å². The maximum atomic E-state index is 11.4. The molecular formula is C25H21N5O3S. The van der Waals surface area contributed by atoms with Crippen LogP contribution in [0, 0.1) is 10.1 Å². The predicted octanol–water partition coefficient (Wildman–Crippen LogP) is 4.97. The van der Waals surface area contributed by atoms with Crippen LogP contribution in [0.4, 0.5) is 11.4 Å². The van der Waals surface area contributed by atoms with E-state index in [0.717, 1.165) is 17.1 Å². The molecule has 0 radical (unpaired) electrons. The van der Waals surface area contributed by atoms with Crippen molar-refractivity contribution >= 4 is 28.7 Å². The van der Waals surface area contributed by atoms with E-state index in [-0.39, 0.29) is 17.8 Å². The molecule has 2 aromatic heterocycles. The molecule has 0 amide bonds. The highest BCUT2D eigenvalue weighted by Crippen LogP contribution is 2.44. The van der Waals surface area contributed by atoms with Crippen molar-refractivity contribution in [1.29, 1.82) is 0 Å². The number of pyridine rings is 1. The lowest BCUT2D eigenvalue weighted by molar-refractivity contribution is -0.384. The Bertz CT molecular complexity index is 1360. The Hall–Kier alpha value is -4.24. The number of rotatable bonds is 6. The molecule has 5 rings (SSSR count). The zero-order chi connectivity index (χ0) is 23.7. The number of non-ortho nitro benzene ring substituents is 1. The van der Waals surface area contributed by atoms with Gasteiger partial charge in [0.2, 0.25) is 0 Å². The normalized spacial score (nSPS) is 17.4. The van der Waals surface area contributed by atoms with Crippen molar-refractivity contribution in [3.8, 4) is 11.4 Å². The number of anilines is 1. The van der Waals surface area contributed by atoms with E-state index in [4.69, 9.17) is 17.0 Å². The lowest BCUT2D eigenvalue weighted by atomic mass is 10.0. The van der Waals surface area contributed by atoms with Crippen LogP contribution in [0.3, 0.4) is 0 Å². The number of para-hydroxylation sites is 2. The van der Waals surface area contributed by atoms with E-state index in [0.29, 0.717) is 16.5 Å². The van der Waals surface area contributed by atoms with E-state index in [1.807, 2.05) is 76.3 Å². The number of aromatic nitrogens is 2. The molecule has 1 aliphatic rings. The van der Waals surface area contributed by atoms with E-state index in [9.17, 15) is 10.1 Å². The molecule has 0 unspecified atom stereocenters. The van der Waals surface area contributed by atoms with Gasteiger partial charge in [0.15, 0.2) is 5.11 Å². The number of hydrogen-bond acceptors (Lipinski definition) is 5. The molecule has 0 bridgehead atoms. The number of benzene rings is 2. The summed E-state index contributed by atoms with van der Waals surface area (Å²) in [4.78, 5) is 17.6. The molecule has 3 heterocycles. The van der Waals surface area contributed by atoms with Gasteiger partial charge in [-0.25, -0.2) is 0 Å². The quantitative estimate of drug-likeness (QED) is 0.241. The molecule has 0 aliphatic carbocycles. The lowest BCUT2D eigenvalue weighted by Crippen LogP contribution is -2.30. The average Bonchev–Trinajstić information content (AvgIpc) is 3.49. The lowest BCUT2D eigenvalue weighted by Gasteiger charge is -2.29. The summed E-state index contributed by atoms with van der Waals surface area (Å²) in [6.45, 7) is 0. The zero-order valence-corrected chi connectivity index (χ0v) is 19.1. The summed E-state index contributed by atoms with van der Waals surface area (Å²) in [7, 11) is 1.63. The zero-order valence-electron chi connectivity index (χ0n) is 18.2. The van der Waals surface area contributed by atoms with E-state index in [1.54, 1.807) is 25.4 Å². The topological polar surface area (TPSA) is 85.5 Å². The first kappa shape index (κ1) is 21.6. The number of nitrogens with zero attached hydrogens (tertiary/aromatic N) is 4. The first-order chi connectivity index (χ1) is 16.6. The van der Waals surface area contributed by atoms with Crippen molar-refractivity contribution in [1.82, 2.24) is 14.9 Å². The minimum atomic E-state index is -0.392. The maximum Gasteiger partial charge on any atom is 0.271 e. The second kappa shape index (κ2) is 8.95. The van der Waals surface area contributed by atoms with E-state index >= 15 is 0 Å². The maximum absolute atomic E-state index is 11.4. The Morgan fingerprint density at radius 2 is 1.88 bits per heavy atom. The van der Waals surface area contributed by atoms with Gasteiger partial charge in [-0.1, -0.05) is 24.3 Å². The fourth-order valence-corrected chi connectivity index (χ4v) is 4.71. The van der Waals surface area contributed by atoms with E-state index < -0.39 is 4.92 Å². The van der Waals surface area contributed by atoms with Gasteiger partial charge in [0.1, 0.15) is 11.8 Å². The highest BCUT2D eigenvalue weighted by molar-refractivity contribution is 7.80. The number of nitro benzene ring substituents is 1. The van der Waals surface area contributed by atoms with Crippen LogP contribution < -0.4 is 15.0 Å². The van der Waals surface area contributed by atoms with Crippen LogP contribution in [0.25, 0.3) is 5.69 Å². The Labute approximate surface area is 201 Å². The Balaban J connectivity index is 1.69. The molecule has 9 heteroatoms. The first-order valence-electron chi connectivity index (χ1n) is 10.6. The molecule has 2 aromatic carbocycles. The second-order valence-electron chi connectivity index (χ2n) is 7.75. The molecule has 4 aromatic rings. The number of nitrogens with one attached hydrogen (secondary N) is 1. The first-order valence-corrected chi connectivity index (χ1v) is 11.0. The van der Waals surface area contributed by atoms with Gasteiger partial charge in [0, 0.05) is 30.2 Å². The van der Waals surface area contributed by atoms with Crippen molar-refractivity contribution in [2.75, 3.05) is 12.0 Å². The molecule has 34 heavy (non-hydrogen) atoms. The summed E-state index contributed by atoms with van der Waals surface area (Å²) >= 11 is 5.81. The fraction of sp³-hybridized carbons (Fsp3) is 0.120. The molecule has 1 fully saturated rings. The number of thiocarbonyl (C=S) groups is 1. The summed E-state index contributed by atoms with van der Waals surface area (Å²) in [5.74, 6) is 0.687. The van der Waals surface area contributed by atoms with Gasteiger partial charge < -0.3 is 19.5 Å². The third-order valence-electron chi connectivity index (χ3n) is 5.84. The molecule has 2 atom stereocenters. The van der Waals surface area contributed by atoms with Crippen LogP contribution in [0.15, 0.2) is 91.3 Å². The van der Waals surface area contributed by atoms with E-state index in [1.165, 1.54) is 6.07 Å². The summed E-state index contributed by atoms with van der Waals surface area (Å²) in [5, 5.41) is 15.4. The Morgan fingerprint density at radius 3 is 2.65 bits per heavy atom. The summed E-state index contributed by atoms with van der Waals surface area (Å²) < 4.78 is 7.59. The largest absolute Gasteiger partial charge is 0.495 e. The monoisotopic (exact) mass is 471 g/mol. The molecule has 0 saturated carbocycles. The number of ether oxygens (including phenoxy) is 1. The van der Waals surface area contributed by atoms with Gasteiger partial charge >= 0.3 is 0 Å². The van der Waals surface area contributed by atoms with Crippen LogP contribution in [-0.4, -0.2) is 26.7 Å². The second-order valence-corrected chi connectivity index (χ2v) is 8.14. The van der Waals surface area contributed by atoms with Crippen LogP contribution in [0.5, 0.6) is 5.75 Å². The summed E-state index contributed by atoms with van der Waals surface area (Å²) in [5.41, 5.74) is 3.26. The third-order valence-corrected chi connectivity index (χ3v) is 6.16. The van der Waals surface area contributed by atoms with Crippen molar-refractivity contribution in [3.63, 3.8) is 0 Å². The number of nitro groups is 1. The molecular weight excluding hydrogens is 450 g/mol. The van der Waals surface area contributed by atoms with Gasteiger partial charge in [-0.15, -0.1) is 0 Å². The highest BCUT2D eigenvalue weighted by atomic mass is 32.1. The van der Waals surface area contributed by atoms with Crippen LogP contribution in [-0.2, 0) is 0 Å². The van der Waals surface area contributed by atoms with Gasteiger partial charge in [-0.05, 0) is 54.7 Å². The van der Waals surface area contributed by atoms with Gasteiger partial charge in [-0.3, -0.25) is 15.1 Å². The molecule has 1 N–H and O–H groups in total. The molecule has 8 nitrogen and oxygen atoms in total. The fourth-order valence-electron chi connectivity index (χ4n) is 4.37. The smallest absolute Gasteiger partial charge is 0.271 e. The van der Waals surface area contributed by atoms with Gasteiger partial charge in [-0.2, -0.15) is 0 Å². The average molecular weight is 472 g/mol. The van der Waals surface area contributed by atoms with Crippen LogP contribution in [0.1, 0.15) is 23.5 Å². The minimum Gasteiger partial charge on any atom is -0.495 e. The minimum absolute atomic E-state index is 0.0279. The SMILES string of the molecule is COc1ccccc1N1C(=S)N[C@H](c2ccccn2)[C@@H]1c1cccn1-c1cccc([N+](=O)[O-])c1. The van der Waals surface area contributed by atoms with Gasteiger partial charge in [0.25, 0.3) is 5.69 Å². The Kier molecular flexibility index (Phi) is 5.69. The van der Waals surface area contributed by atoms with Crippen molar-refractivity contribution < 1.29 is 9.66 Å². The molecule has 0 spiro atoms. The highest BCUT2D eigenvalue weighted by Gasteiger charge is 2.43. The predicted molar refractivity (Wildman–Crippen MR) is 133 cm³/mol. The third kappa shape index (κ3) is 3.75. The standard InChI is InChI=1S/C25H21N5O3S/c1-33-22-13-3-2-11-20(22)29-24(23(27-25(29)34)19-10-4-5-14-26-19)21-12-7-15-28(21)17-8-6-9-18(16-17)30(31)32/h2-16,23-24H,1H3,(H,27,34)/t23-,24+/m1/s1. The van der Waals surface area contributed by atoms with Crippen molar-refractivity contribution in [2.24, 2.45) is 0 Å². The molecule has 1 aliphatic heterocycles. The van der Waals surface area contributed by atoms with Gasteiger partial charge in [0.05, 0.1) is 35.1 Å². The summed E-state index contributed by atoms with van der Waals surface area (Å²) in [6, 6.07) is 23.4. The number of hydrogen-bond donors (Lipinski definition) is 1. The van der Waals surface area contributed by atoms with Crippen molar-refractivity contribution in [2.45, 2.75) is 12.1 Å². The number of methoxy groups -OCH3 is 1. The van der Waals surface area contributed by atoms with Crippen molar-refractivity contribution in [3.05, 3.63) is 113 Å². The van der Waals surface area contributed by atoms with Crippen LogP contribution >= 0.6 is 12.2 Å².